The van der Waals surface area contributed by atoms with Crippen LogP contribution in [-0.4, -0.2) is 17.9 Å². The Morgan fingerprint density at radius 1 is 1.08 bits per heavy atom. The SMILES string of the molecule is Cc1cccc(C(C)C)c1NC(=O)C1(C(=O)NC2CCCCC2)CC1. The number of benzene rings is 1. The summed E-state index contributed by atoms with van der Waals surface area (Å²) in [6.45, 7) is 6.24. The van der Waals surface area contributed by atoms with Gasteiger partial charge in [0.2, 0.25) is 11.8 Å². The number of hydrogen-bond donors (Lipinski definition) is 2. The van der Waals surface area contributed by atoms with Gasteiger partial charge in [-0.1, -0.05) is 51.3 Å². The Kier molecular flexibility index (Phi) is 5.16. The molecule has 0 saturated heterocycles. The van der Waals surface area contributed by atoms with E-state index in [1.165, 1.54) is 19.3 Å². The molecule has 2 aliphatic rings. The molecule has 0 aromatic heterocycles. The van der Waals surface area contributed by atoms with Gasteiger partial charge in [0.05, 0.1) is 0 Å². The molecule has 0 atom stereocenters. The molecule has 0 radical (unpaired) electrons. The van der Waals surface area contributed by atoms with Crippen LogP contribution < -0.4 is 10.6 Å². The molecule has 0 heterocycles. The first-order chi connectivity index (χ1) is 11.9. The molecule has 1 aromatic carbocycles. The summed E-state index contributed by atoms with van der Waals surface area (Å²) >= 11 is 0. The summed E-state index contributed by atoms with van der Waals surface area (Å²) in [5.41, 5.74) is 2.19. The molecule has 0 unspecified atom stereocenters. The van der Waals surface area contributed by atoms with Gasteiger partial charge in [-0.15, -0.1) is 0 Å². The van der Waals surface area contributed by atoms with Gasteiger partial charge in [-0.3, -0.25) is 9.59 Å². The molecule has 2 aliphatic carbocycles. The second-order valence-corrected chi connectivity index (χ2v) is 8.04. The van der Waals surface area contributed by atoms with Gasteiger partial charge in [-0.25, -0.2) is 0 Å². The van der Waals surface area contributed by atoms with E-state index in [2.05, 4.69) is 30.5 Å². The van der Waals surface area contributed by atoms with Crippen molar-refractivity contribution in [1.82, 2.24) is 5.32 Å². The van der Waals surface area contributed by atoms with Crippen molar-refractivity contribution in [2.24, 2.45) is 5.41 Å². The fraction of sp³-hybridized carbons (Fsp3) is 0.619. The number of nitrogens with one attached hydrogen (secondary N) is 2. The standard InChI is InChI=1S/C21H30N2O2/c1-14(2)17-11-7-8-15(3)18(17)23-20(25)21(12-13-21)19(24)22-16-9-5-4-6-10-16/h7-8,11,14,16H,4-6,9-10,12-13H2,1-3H3,(H,22,24)(H,23,25). The first-order valence-electron chi connectivity index (χ1n) is 9.66. The van der Waals surface area contributed by atoms with Gasteiger partial charge in [0, 0.05) is 11.7 Å². The van der Waals surface area contributed by atoms with Crippen molar-refractivity contribution < 1.29 is 9.59 Å². The highest BCUT2D eigenvalue weighted by molar-refractivity contribution is 6.13. The van der Waals surface area contributed by atoms with Crippen molar-refractivity contribution in [3.05, 3.63) is 29.3 Å². The number of aryl methyl sites for hydroxylation is 1. The Hall–Kier alpha value is -1.84. The van der Waals surface area contributed by atoms with Crippen LogP contribution in [0.5, 0.6) is 0 Å². The van der Waals surface area contributed by atoms with E-state index < -0.39 is 5.41 Å². The molecule has 0 bridgehead atoms. The molecule has 4 nitrogen and oxygen atoms in total. The lowest BCUT2D eigenvalue weighted by atomic mass is 9.94. The van der Waals surface area contributed by atoms with Crippen LogP contribution in [0.1, 0.15) is 75.8 Å². The predicted molar refractivity (Wildman–Crippen MR) is 101 cm³/mol. The van der Waals surface area contributed by atoms with Crippen LogP contribution >= 0.6 is 0 Å². The Morgan fingerprint density at radius 2 is 1.76 bits per heavy atom. The fourth-order valence-corrected chi connectivity index (χ4v) is 3.83. The van der Waals surface area contributed by atoms with Crippen LogP contribution in [0, 0.1) is 12.3 Å². The van der Waals surface area contributed by atoms with Crippen molar-refractivity contribution in [2.75, 3.05) is 5.32 Å². The zero-order valence-corrected chi connectivity index (χ0v) is 15.7. The van der Waals surface area contributed by atoms with Crippen LogP contribution in [0.15, 0.2) is 18.2 Å². The molecule has 2 N–H and O–H groups in total. The topological polar surface area (TPSA) is 58.2 Å². The number of hydrogen-bond acceptors (Lipinski definition) is 2. The third-order valence-electron chi connectivity index (χ3n) is 5.73. The summed E-state index contributed by atoms with van der Waals surface area (Å²) in [4.78, 5) is 25.7. The van der Waals surface area contributed by atoms with Crippen molar-refractivity contribution >= 4 is 17.5 Å². The normalized spacial score (nSPS) is 19.5. The van der Waals surface area contributed by atoms with E-state index in [1.54, 1.807) is 0 Å². The van der Waals surface area contributed by atoms with Gasteiger partial charge in [-0.05, 0) is 49.7 Å². The summed E-state index contributed by atoms with van der Waals surface area (Å²) in [5.74, 6) is 0.106. The van der Waals surface area contributed by atoms with Gasteiger partial charge in [0.1, 0.15) is 5.41 Å². The van der Waals surface area contributed by atoms with E-state index in [1.807, 2.05) is 19.1 Å². The highest BCUT2D eigenvalue weighted by Gasteiger charge is 2.57. The molecule has 1 aromatic rings. The molecule has 2 saturated carbocycles. The summed E-state index contributed by atoms with van der Waals surface area (Å²) in [6.07, 6.45) is 6.98. The third kappa shape index (κ3) is 3.73. The van der Waals surface area contributed by atoms with Crippen LogP contribution in [0.25, 0.3) is 0 Å². The molecule has 136 valence electrons. The van der Waals surface area contributed by atoms with Gasteiger partial charge in [0.15, 0.2) is 0 Å². The highest BCUT2D eigenvalue weighted by atomic mass is 16.2. The number of carbonyl (C=O) groups is 2. The average Bonchev–Trinajstić information content (AvgIpc) is 3.39. The lowest BCUT2D eigenvalue weighted by molar-refractivity contribution is -0.135. The second-order valence-electron chi connectivity index (χ2n) is 8.04. The molecule has 4 heteroatoms. The average molecular weight is 342 g/mol. The van der Waals surface area contributed by atoms with Gasteiger partial charge >= 0.3 is 0 Å². The molecule has 0 spiro atoms. The molecule has 2 amide bonds. The maximum Gasteiger partial charge on any atom is 0.240 e. The fourth-order valence-electron chi connectivity index (χ4n) is 3.83. The molecular weight excluding hydrogens is 312 g/mol. The lowest BCUT2D eigenvalue weighted by Gasteiger charge is -2.25. The first kappa shape index (κ1) is 18.0. The first-order valence-corrected chi connectivity index (χ1v) is 9.66. The van der Waals surface area contributed by atoms with Crippen LogP contribution in [0.4, 0.5) is 5.69 Å². The number of anilines is 1. The summed E-state index contributed by atoms with van der Waals surface area (Å²) in [5, 5.41) is 6.22. The molecule has 2 fully saturated rings. The largest absolute Gasteiger partial charge is 0.352 e. The van der Waals surface area contributed by atoms with Crippen molar-refractivity contribution in [2.45, 2.75) is 77.7 Å². The smallest absolute Gasteiger partial charge is 0.240 e. The van der Waals surface area contributed by atoms with Crippen molar-refractivity contribution in [3.63, 3.8) is 0 Å². The Morgan fingerprint density at radius 3 is 2.36 bits per heavy atom. The Bertz CT molecular complexity index is 656. The molecule has 0 aliphatic heterocycles. The minimum Gasteiger partial charge on any atom is -0.352 e. The van der Waals surface area contributed by atoms with Crippen molar-refractivity contribution in [1.29, 1.82) is 0 Å². The van der Waals surface area contributed by atoms with Crippen LogP contribution in [-0.2, 0) is 9.59 Å². The van der Waals surface area contributed by atoms with E-state index in [-0.39, 0.29) is 17.9 Å². The predicted octanol–water partition coefficient (Wildman–Crippen LogP) is 4.29. The summed E-state index contributed by atoms with van der Waals surface area (Å²) in [7, 11) is 0. The highest BCUT2D eigenvalue weighted by Crippen LogP contribution is 2.47. The van der Waals surface area contributed by atoms with E-state index in [9.17, 15) is 9.59 Å². The van der Waals surface area contributed by atoms with Gasteiger partial charge in [0.25, 0.3) is 0 Å². The lowest BCUT2D eigenvalue weighted by Crippen LogP contribution is -2.45. The molecule has 25 heavy (non-hydrogen) atoms. The minimum atomic E-state index is -0.853. The number of amides is 2. The van der Waals surface area contributed by atoms with Gasteiger partial charge < -0.3 is 10.6 Å². The van der Waals surface area contributed by atoms with Crippen LogP contribution in [0.2, 0.25) is 0 Å². The maximum absolute atomic E-state index is 12.9. The summed E-state index contributed by atoms with van der Waals surface area (Å²) < 4.78 is 0. The van der Waals surface area contributed by atoms with E-state index >= 15 is 0 Å². The van der Waals surface area contributed by atoms with Gasteiger partial charge in [-0.2, -0.15) is 0 Å². The minimum absolute atomic E-state index is 0.0726. The zero-order chi connectivity index (χ0) is 18.0. The second kappa shape index (κ2) is 7.19. The molecular formula is C21H30N2O2. The van der Waals surface area contributed by atoms with E-state index in [0.29, 0.717) is 18.8 Å². The number of rotatable bonds is 5. The van der Waals surface area contributed by atoms with E-state index in [4.69, 9.17) is 0 Å². The molecule has 3 rings (SSSR count). The Labute approximate surface area is 150 Å². The third-order valence-corrected chi connectivity index (χ3v) is 5.73. The zero-order valence-electron chi connectivity index (χ0n) is 15.7. The monoisotopic (exact) mass is 342 g/mol. The van der Waals surface area contributed by atoms with Crippen molar-refractivity contribution in [3.8, 4) is 0 Å². The number of para-hydroxylation sites is 1. The maximum atomic E-state index is 12.9. The quantitative estimate of drug-likeness (QED) is 0.784. The number of carbonyl (C=O) groups excluding carboxylic acids is 2. The van der Waals surface area contributed by atoms with E-state index in [0.717, 1.165) is 29.7 Å². The van der Waals surface area contributed by atoms with Crippen LogP contribution in [0.3, 0.4) is 0 Å². The summed E-state index contributed by atoms with van der Waals surface area (Å²) in [6, 6.07) is 6.32. The Balaban J connectivity index is 1.71.